The van der Waals surface area contributed by atoms with Gasteiger partial charge in [0.25, 0.3) is 0 Å². The Balaban J connectivity index is 1.62. The average Bonchev–Trinajstić information content (AvgIpc) is 2.96. The smallest absolute Gasteiger partial charge is 0.219 e. The molecule has 0 saturated carbocycles. The Labute approximate surface area is 159 Å². The van der Waals surface area contributed by atoms with Gasteiger partial charge in [-0.15, -0.1) is 0 Å². The molecule has 27 heavy (non-hydrogen) atoms. The molecule has 7 nitrogen and oxygen atoms in total. The minimum atomic E-state index is 0.330. The molecule has 0 aliphatic carbocycles. The Kier molecular flexibility index (Phi) is 4.68. The fourth-order valence-electron chi connectivity index (χ4n) is 4.65. The van der Waals surface area contributed by atoms with Crippen LogP contribution >= 0.6 is 0 Å². The first-order valence-corrected chi connectivity index (χ1v) is 9.30. The van der Waals surface area contributed by atoms with E-state index < -0.39 is 0 Å². The number of rotatable bonds is 5. The predicted octanol–water partition coefficient (Wildman–Crippen LogP) is 3.00. The van der Waals surface area contributed by atoms with Crippen molar-refractivity contribution in [1.82, 2.24) is 9.97 Å². The van der Waals surface area contributed by atoms with Gasteiger partial charge in [0.1, 0.15) is 0 Å². The van der Waals surface area contributed by atoms with Gasteiger partial charge in [0, 0.05) is 42.3 Å². The highest BCUT2D eigenvalue weighted by atomic mass is 16.5. The zero-order valence-electron chi connectivity index (χ0n) is 16.0. The van der Waals surface area contributed by atoms with Crippen LogP contribution in [0.25, 0.3) is 0 Å². The van der Waals surface area contributed by atoms with E-state index >= 15 is 0 Å². The second-order valence-corrected chi connectivity index (χ2v) is 7.22. The van der Waals surface area contributed by atoms with Crippen LogP contribution in [0.2, 0.25) is 0 Å². The molecule has 2 aliphatic heterocycles. The highest BCUT2D eigenvalue weighted by Crippen LogP contribution is 2.48. The number of hydrogen-bond acceptors (Lipinski definition) is 7. The van der Waals surface area contributed by atoms with Crippen molar-refractivity contribution in [2.75, 3.05) is 32.0 Å². The molecule has 1 aromatic carbocycles. The Morgan fingerprint density at radius 2 is 1.48 bits per heavy atom. The number of anilines is 2. The zero-order valence-corrected chi connectivity index (χ0v) is 16.0. The quantitative estimate of drug-likeness (QED) is 0.866. The minimum Gasteiger partial charge on any atom is -0.493 e. The predicted molar refractivity (Wildman–Crippen MR) is 104 cm³/mol. The van der Waals surface area contributed by atoms with E-state index in [1.807, 2.05) is 12.4 Å². The van der Waals surface area contributed by atoms with Crippen molar-refractivity contribution in [3.63, 3.8) is 0 Å². The lowest BCUT2D eigenvalue weighted by atomic mass is 9.86. The number of ether oxygens (including phenoxy) is 3. The van der Waals surface area contributed by atoms with Gasteiger partial charge in [-0.05, 0) is 37.2 Å². The average molecular weight is 370 g/mol. The molecule has 2 aromatic rings. The largest absolute Gasteiger partial charge is 0.493 e. The second kappa shape index (κ2) is 7.13. The number of piperidine rings is 1. The molecule has 4 rings (SSSR count). The van der Waals surface area contributed by atoms with Crippen molar-refractivity contribution in [2.24, 2.45) is 0 Å². The molecule has 2 fully saturated rings. The van der Waals surface area contributed by atoms with Crippen LogP contribution in [0.5, 0.6) is 17.2 Å². The van der Waals surface area contributed by atoms with E-state index in [-0.39, 0.29) is 0 Å². The van der Waals surface area contributed by atoms with Gasteiger partial charge in [-0.2, -0.15) is 0 Å². The third-order valence-corrected chi connectivity index (χ3v) is 5.84. The number of aromatic nitrogens is 2. The van der Waals surface area contributed by atoms with Crippen molar-refractivity contribution in [3.8, 4) is 17.2 Å². The summed E-state index contributed by atoms with van der Waals surface area (Å²) in [6.07, 6.45) is 8.30. The van der Waals surface area contributed by atoms with Crippen molar-refractivity contribution >= 4 is 11.6 Å². The van der Waals surface area contributed by atoms with Crippen molar-refractivity contribution in [3.05, 3.63) is 30.1 Å². The molecule has 2 N–H and O–H groups in total. The van der Waals surface area contributed by atoms with Crippen LogP contribution in [-0.2, 0) is 0 Å². The highest BCUT2D eigenvalue weighted by Gasteiger charge is 2.41. The van der Waals surface area contributed by atoms with Gasteiger partial charge >= 0.3 is 0 Å². The highest BCUT2D eigenvalue weighted by molar-refractivity contribution is 5.65. The molecule has 144 valence electrons. The van der Waals surface area contributed by atoms with Crippen LogP contribution in [0.1, 0.15) is 37.2 Å². The number of nitrogen functional groups attached to an aromatic ring is 1. The monoisotopic (exact) mass is 370 g/mol. The topological polar surface area (TPSA) is 82.7 Å². The maximum Gasteiger partial charge on any atom is 0.219 e. The summed E-state index contributed by atoms with van der Waals surface area (Å²) in [5.41, 5.74) is 7.95. The van der Waals surface area contributed by atoms with E-state index in [1.54, 1.807) is 21.3 Å². The summed E-state index contributed by atoms with van der Waals surface area (Å²) in [5, 5.41) is 0. The van der Waals surface area contributed by atoms with E-state index in [4.69, 9.17) is 19.9 Å². The molecule has 0 amide bonds. The number of benzene rings is 1. The summed E-state index contributed by atoms with van der Waals surface area (Å²) < 4.78 is 16.5. The van der Waals surface area contributed by atoms with Gasteiger partial charge in [0.05, 0.1) is 21.3 Å². The summed E-state index contributed by atoms with van der Waals surface area (Å²) in [4.78, 5) is 10.9. The van der Waals surface area contributed by atoms with Crippen molar-refractivity contribution < 1.29 is 14.2 Å². The third-order valence-electron chi connectivity index (χ3n) is 5.84. The van der Waals surface area contributed by atoms with Crippen molar-refractivity contribution in [1.29, 1.82) is 0 Å². The van der Waals surface area contributed by atoms with E-state index in [0.717, 1.165) is 18.5 Å². The molecular formula is C20H26N4O3. The van der Waals surface area contributed by atoms with Gasteiger partial charge in [-0.3, -0.25) is 0 Å². The van der Waals surface area contributed by atoms with E-state index in [1.165, 1.54) is 18.4 Å². The normalized spacial score (nSPS) is 24.0. The minimum absolute atomic E-state index is 0.330. The Hall–Kier alpha value is -2.70. The number of methoxy groups -OCH3 is 3. The zero-order chi connectivity index (χ0) is 19.0. The SMILES string of the molecule is COc1cc(N2C3CCC2CC(c2cnc(N)nc2)C3)cc(OC)c1OC. The Bertz CT molecular complexity index is 772. The van der Waals surface area contributed by atoms with Crippen LogP contribution in [0.4, 0.5) is 11.6 Å². The van der Waals surface area contributed by atoms with Crippen LogP contribution in [0, 0.1) is 0 Å². The number of nitrogens with zero attached hydrogens (tertiary/aromatic N) is 3. The number of nitrogens with two attached hydrogens (primary N) is 1. The van der Waals surface area contributed by atoms with Gasteiger partial charge in [-0.1, -0.05) is 0 Å². The molecule has 0 spiro atoms. The Morgan fingerprint density at radius 3 is 1.96 bits per heavy atom. The van der Waals surface area contributed by atoms with E-state index in [2.05, 4.69) is 27.0 Å². The first kappa shape index (κ1) is 17.7. The Morgan fingerprint density at radius 1 is 0.926 bits per heavy atom. The molecule has 3 heterocycles. The summed E-state index contributed by atoms with van der Waals surface area (Å²) in [7, 11) is 4.94. The fraction of sp³-hybridized carbons (Fsp3) is 0.500. The van der Waals surface area contributed by atoms with E-state index in [9.17, 15) is 0 Å². The van der Waals surface area contributed by atoms with Gasteiger partial charge in [-0.25, -0.2) is 9.97 Å². The summed E-state index contributed by atoms with van der Waals surface area (Å²) >= 11 is 0. The molecule has 2 atom stereocenters. The molecule has 2 unspecified atom stereocenters. The fourth-order valence-corrected chi connectivity index (χ4v) is 4.65. The third kappa shape index (κ3) is 3.11. The van der Waals surface area contributed by atoms with E-state index in [0.29, 0.717) is 41.2 Å². The molecular weight excluding hydrogens is 344 g/mol. The molecule has 1 aromatic heterocycles. The molecule has 2 bridgehead atoms. The summed E-state index contributed by atoms with van der Waals surface area (Å²) in [6.45, 7) is 0. The summed E-state index contributed by atoms with van der Waals surface area (Å²) in [5.74, 6) is 2.82. The number of fused-ring (bicyclic) bond motifs is 2. The first-order valence-electron chi connectivity index (χ1n) is 9.30. The maximum absolute atomic E-state index is 5.64. The van der Waals surface area contributed by atoms with Crippen LogP contribution < -0.4 is 24.8 Å². The van der Waals surface area contributed by atoms with Crippen LogP contribution in [-0.4, -0.2) is 43.4 Å². The molecule has 2 saturated heterocycles. The van der Waals surface area contributed by atoms with Crippen molar-refractivity contribution in [2.45, 2.75) is 43.7 Å². The lowest BCUT2D eigenvalue weighted by Crippen LogP contribution is -2.42. The summed E-state index contributed by atoms with van der Waals surface area (Å²) in [6, 6.07) is 5.07. The lowest BCUT2D eigenvalue weighted by Gasteiger charge is -2.41. The second-order valence-electron chi connectivity index (χ2n) is 7.22. The van der Waals surface area contributed by atoms with Gasteiger partial charge < -0.3 is 24.8 Å². The van der Waals surface area contributed by atoms with Gasteiger partial charge in [0.15, 0.2) is 11.5 Å². The standard InChI is InChI=1S/C20H26N4O3/c1-25-17-8-16(9-18(26-2)19(17)27-3)24-14-4-5-15(24)7-12(6-14)13-10-22-20(21)23-11-13/h8-12,14-15H,4-7H2,1-3H3,(H2,21,22,23). The van der Waals surface area contributed by atoms with Gasteiger partial charge in [0.2, 0.25) is 11.7 Å². The lowest BCUT2D eigenvalue weighted by molar-refractivity contribution is 0.323. The van der Waals surface area contributed by atoms with Crippen LogP contribution in [0.15, 0.2) is 24.5 Å². The molecule has 7 heteroatoms. The maximum atomic E-state index is 5.64. The molecule has 2 aliphatic rings. The first-order chi connectivity index (χ1) is 13.1. The number of hydrogen-bond donors (Lipinski definition) is 1. The van der Waals surface area contributed by atoms with Crippen LogP contribution in [0.3, 0.4) is 0 Å². The molecule has 0 radical (unpaired) electrons.